The molecule has 0 aliphatic rings. The van der Waals surface area contributed by atoms with Gasteiger partial charge < -0.3 is 5.73 Å². The number of Topliss-reactive ketones (excluding diaryl/α,β-unsaturated/α-hetero) is 1. The van der Waals surface area contributed by atoms with Crippen molar-refractivity contribution in [2.24, 2.45) is 0 Å². The van der Waals surface area contributed by atoms with E-state index >= 15 is 0 Å². The van der Waals surface area contributed by atoms with Crippen LogP contribution in [0.3, 0.4) is 0 Å². The van der Waals surface area contributed by atoms with Crippen LogP contribution in [0.4, 0.5) is 14.5 Å². The zero-order chi connectivity index (χ0) is 14.9. The van der Waals surface area contributed by atoms with Crippen molar-refractivity contribution in [2.75, 3.05) is 5.73 Å². The van der Waals surface area contributed by atoms with Crippen molar-refractivity contribution in [3.8, 4) is 0 Å². The van der Waals surface area contributed by atoms with Gasteiger partial charge in [0.05, 0.1) is 4.47 Å². The molecule has 0 aromatic heterocycles. The maximum absolute atomic E-state index is 13.8. The number of anilines is 1. The number of aryl methyl sites for hydroxylation is 1. The summed E-state index contributed by atoms with van der Waals surface area (Å²) in [5.74, 6) is -1.83. The van der Waals surface area contributed by atoms with Gasteiger partial charge in [-0.25, -0.2) is 8.78 Å². The van der Waals surface area contributed by atoms with E-state index in [1.54, 1.807) is 25.1 Å². The Morgan fingerprint density at radius 2 is 1.95 bits per heavy atom. The number of carbonyl (C=O) groups excluding carboxylic acids is 1. The summed E-state index contributed by atoms with van der Waals surface area (Å²) in [6.07, 6.45) is -0.333. The van der Waals surface area contributed by atoms with Gasteiger partial charge in [-0.05, 0) is 58.7 Å². The number of rotatable bonds is 3. The van der Waals surface area contributed by atoms with Crippen molar-refractivity contribution in [1.82, 2.24) is 0 Å². The van der Waals surface area contributed by atoms with Gasteiger partial charge in [-0.2, -0.15) is 0 Å². The highest BCUT2D eigenvalue weighted by molar-refractivity contribution is 9.10. The summed E-state index contributed by atoms with van der Waals surface area (Å²) in [4.78, 5) is 12.1. The Kier molecular flexibility index (Phi) is 4.18. The summed E-state index contributed by atoms with van der Waals surface area (Å²) in [6, 6.07) is 7.18. The normalized spacial score (nSPS) is 10.6. The zero-order valence-electron chi connectivity index (χ0n) is 10.7. The molecule has 0 aliphatic carbocycles. The fourth-order valence-electron chi connectivity index (χ4n) is 1.84. The van der Waals surface area contributed by atoms with Gasteiger partial charge in [0.1, 0.15) is 11.6 Å². The molecule has 0 amide bonds. The standard InChI is InChI=1S/C15H12BrF2NO/c1-8-6-9(2-5-13(8)19)14(20)7-10-12(17)4-3-11(16)15(10)18/h2-6H,7,19H2,1H3. The Bertz CT molecular complexity index is 686. The zero-order valence-corrected chi connectivity index (χ0v) is 12.3. The number of ketones is 1. The Balaban J connectivity index is 2.32. The van der Waals surface area contributed by atoms with Crippen LogP contribution in [-0.4, -0.2) is 5.78 Å². The van der Waals surface area contributed by atoms with E-state index in [4.69, 9.17) is 5.73 Å². The summed E-state index contributed by atoms with van der Waals surface area (Å²) in [5.41, 5.74) is 7.15. The van der Waals surface area contributed by atoms with Gasteiger partial charge in [0.25, 0.3) is 0 Å². The summed E-state index contributed by atoms with van der Waals surface area (Å²) < 4.78 is 27.6. The lowest BCUT2D eigenvalue weighted by Crippen LogP contribution is -2.08. The van der Waals surface area contributed by atoms with Crippen LogP contribution in [0.15, 0.2) is 34.8 Å². The lowest BCUT2D eigenvalue weighted by molar-refractivity contribution is 0.0990. The smallest absolute Gasteiger partial charge is 0.167 e. The predicted octanol–water partition coefficient (Wildman–Crippen LogP) is 4.04. The quantitative estimate of drug-likeness (QED) is 0.521. The van der Waals surface area contributed by atoms with Crippen LogP contribution in [0.5, 0.6) is 0 Å². The molecule has 0 radical (unpaired) electrons. The van der Waals surface area contributed by atoms with Crippen LogP contribution in [0.2, 0.25) is 0 Å². The summed E-state index contributed by atoms with van der Waals surface area (Å²) in [6.45, 7) is 1.77. The first-order chi connectivity index (χ1) is 9.40. The minimum atomic E-state index is -0.745. The average molecular weight is 340 g/mol. The van der Waals surface area contributed by atoms with Crippen molar-refractivity contribution >= 4 is 27.4 Å². The molecule has 0 atom stereocenters. The molecule has 2 rings (SSSR count). The van der Waals surface area contributed by atoms with Crippen LogP contribution in [0.25, 0.3) is 0 Å². The Labute approximate surface area is 123 Å². The molecule has 20 heavy (non-hydrogen) atoms. The van der Waals surface area contributed by atoms with Gasteiger partial charge in [0, 0.05) is 23.2 Å². The molecule has 0 spiro atoms. The van der Waals surface area contributed by atoms with Crippen LogP contribution in [0.1, 0.15) is 21.5 Å². The Morgan fingerprint density at radius 3 is 2.60 bits per heavy atom. The highest BCUT2D eigenvalue weighted by Gasteiger charge is 2.17. The number of nitrogens with two attached hydrogens (primary N) is 1. The molecule has 0 saturated heterocycles. The van der Waals surface area contributed by atoms with Crippen LogP contribution in [0, 0.1) is 18.6 Å². The van der Waals surface area contributed by atoms with E-state index in [0.717, 1.165) is 11.6 Å². The fourth-order valence-corrected chi connectivity index (χ4v) is 2.21. The number of benzene rings is 2. The number of halogens is 3. The first kappa shape index (κ1) is 14.7. The minimum Gasteiger partial charge on any atom is -0.399 e. The third-order valence-corrected chi connectivity index (χ3v) is 3.68. The molecule has 2 nitrogen and oxygen atoms in total. The maximum atomic E-state index is 13.8. The predicted molar refractivity (Wildman–Crippen MR) is 77.7 cm³/mol. The molecule has 5 heteroatoms. The van der Waals surface area contributed by atoms with Crippen molar-refractivity contribution in [2.45, 2.75) is 13.3 Å². The van der Waals surface area contributed by atoms with E-state index in [9.17, 15) is 13.6 Å². The van der Waals surface area contributed by atoms with E-state index in [1.165, 1.54) is 6.07 Å². The third-order valence-electron chi connectivity index (χ3n) is 3.07. The summed E-state index contributed by atoms with van der Waals surface area (Å²) >= 11 is 2.98. The lowest BCUT2D eigenvalue weighted by atomic mass is 10.00. The second-order valence-corrected chi connectivity index (χ2v) is 5.35. The monoisotopic (exact) mass is 339 g/mol. The molecule has 0 aliphatic heterocycles. The van der Waals surface area contributed by atoms with Crippen LogP contribution >= 0.6 is 15.9 Å². The van der Waals surface area contributed by atoms with E-state index in [1.807, 2.05) is 0 Å². The largest absolute Gasteiger partial charge is 0.399 e. The van der Waals surface area contributed by atoms with Crippen molar-refractivity contribution in [3.63, 3.8) is 0 Å². The van der Waals surface area contributed by atoms with Crippen LogP contribution < -0.4 is 5.73 Å². The number of hydrogen-bond acceptors (Lipinski definition) is 2. The highest BCUT2D eigenvalue weighted by Crippen LogP contribution is 2.23. The molecule has 0 unspecified atom stereocenters. The summed E-state index contributed by atoms with van der Waals surface area (Å²) in [7, 11) is 0. The van der Waals surface area contributed by atoms with Gasteiger partial charge in [0.2, 0.25) is 0 Å². The number of carbonyl (C=O) groups is 1. The molecule has 0 fully saturated rings. The van der Waals surface area contributed by atoms with Gasteiger partial charge >= 0.3 is 0 Å². The highest BCUT2D eigenvalue weighted by atomic mass is 79.9. The number of nitrogen functional groups attached to an aromatic ring is 1. The van der Waals surface area contributed by atoms with E-state index < -0.39 is 11.6 Å². The maximum Gasteiger partial charge on any atom is 0.167 e. The minimum absolute atomic E-state index is 0.134. The van der Waals surface area contributed by atoms with Gasteiger partial charge in [0.15, 0.2) is 5.78 Å². The molecule has 0 heterocycles. The Hall–Kier alpha value is -1.75. The van der Waals surface area contributed by atoms with Crippen molar-refractivity contribution < 1.29 is 13.6 Å². The summed E-state index contributed by atoms with van der Waals surface area (Å²) in [5, 5.41) is 0. The fraction of sp³-hybridized carbons (Fsp3) is 0.133. The van der Waals surface area contributed by atoms with Crippen molar-refractivity contribution in [1.29, 1.82) is 0 Å². The van der Waals surface area contributed by atoms with Crippen molar-refractivity contribution in [3.05, 3.63) is 63.1 Å². The molecular weight excluding hydrogens is 328 g/mol. The van der Waals surface area contributed by atoms with Crippen LogP contribution in [-0.2, 0) is 6.42 Å². The Morgan fingerprint density at radius 1 is 1.25 bits per heavy atom. The molecule has 2 aromatic carbocycles. The first-order valence-corrected chi connectivity index (χ1v) is 6.71. The topological polar surface area (TPSA) is 43.1 Å². The SMILES string of the molecule is Cc1cc(C(=O)Cc2c(F)ccc(Br)c2F)ccc1N. The van der Waals surface area contributed by atoms with E-state index in [0.29, 0.717) is 11.3 Å². The molecule has 104 valence electrons. The molecule has 0 bridgehead atoms. The molecule has 2 aromatic rings. The van der Waals surface area contributed by atoms with E-state index in [-0.39, 0.29) is 22.2 Å². The van der Waals surface area contributed by atoms with Gasteiger partial charge in [-0.3, -0.25) is 4.79 Å². The van der Waals surface area contributed by atoms with E-state index in [2.05, 4.69) is 15.9 Å². The van der Waals surface area contributed by atoms with Gasteiger partial charge in [-0.1, -0.05) is 0 Å². The second kappa shape index (κ2) is 5.71. The third kappa shape index (κ3) is 2.88. The second-order valence-electron chi connectivity index (χ2n) is 4.49. The number of hydrogen-bond donors (Lipinski definition) is 1. The molecular formula is C15H12BrF2NO. The molecule has 0 saturated carbocycles. The lowest BCUT2D eigenvalue weighted by Gasteiger charge is -2.07. The molecule has 2 N–H and O–H groups in total. The van der Waals surface area contributed by atoms with Gasteiger partial charge in [-0.15, -0.1) is 0 Å². The average Bonchev–Trinajstić information content (AvgIpc) is 2.42. The first-order valence-electron chi connectivity index (χ1n) is 5.92.